The van der Waals surface area contributed by atoms with E-state index >= 15 is 0 Å². The lowest BCUT2D eigenvalue weighted by molar-refractivity contribution is 0.882. The van der Waals surface area contributed by atoms with Crippen molar-refractivity contribution in [2.45, 2.75) is 19.8 Å². The van der Waals surface area contributed by atoms with Crippen LogP contribution in [0.15, 0.2) is 6.33 Å². The molecule has 12 heavy (non-hydrogen) atoms. The molecule has 0 aliphatic rings. The fourth-order valence-corrected chi connectivity index (χ4v) is 1.37. The molecule has 0 fully saturated rings. The first-order chi connectivity index (χ1) is 5.75. The first kappa shape index (κ1) is 9.35. The van der Waals surface area contributed by atoms with Crippen LogP contribution in [0.4, 0.5) is 0 Å². The van der Waals surface area contributed by atoms with Gasteiger partial charge in [-0.05, 0) is 26.3 Å². The number of nitrogens with one attached hydrogen (secondary N) is 1. The molecule has 3 nitrogen and oxygen atoms in total. The largest absolute Gasteiger partial charge is 0.348 e. The molecule has 0 aliphatic heterocycles. The minimum absolute atomic E-state index is 0.684. The van der Waals surface area contributed by atoms with Crippen molar-refractivity contribution in [2.24, 2.45) is 5.73 Å². The van der Waals surface area contributed by atoms with Gasteiger partial charge in [-0.2, -0.15) is 0 Å². The van der Waals surface area contributed by atoms with Crippen LogP contribution >= 0.6 is 12.2 Å². The highest BCUT2D eigenvalue weighted by atomic mass is 32.1. The van der Waals surface area contributed by atoms with Gasteiger partial charge in [0.1, 0.15) is 0 Å². The van der Waals surface area contributed by atoms with Crippen LogP contribution in [0.1, 0.15) is 24.2 Å². The van der Waals surface area contributed by atoms with E-state index in [0.29, 0.717) is 6.54 Å². The predicted molar refractivity (Wildman–Crippen MR) is 53.3 cm³/mol. The molecule has 1 rings (SSSR count). The van der Waals surface area contributed by atoms with Crippen molar-refractivity contribution in [1.82, 2.24) is 9.97 Å². The Labute approximate surface area is 77.4 Å². The van der Waals surface area contributed by atoms with Gasteiger partial charge in [0, 0.05) is 10.6 Å². The SMILES string of the molecule is Cc1[nH]cnc1C(=S)CCCN. The first-order valence-electron chi connectivity index (χ1n) is 3.99. The Morgan fingerprint density at radius 2 is 2.50 bits per heavy atom. The highest BCUT2D eigenvalue weighted by Crippen LogP contribution is 2.06. The summed E-state index contributed by atoms with van der Waals surface area (Å²) in [4.78, 5) is 8.03. The van der Waals surface area contributed by atoms with Crippen molar-refractivity contribution in [3.8, 4) is 0 Å². The lowest BCUT2D eigenvalue weighted by Crippen LogP contribution is -2.05. The number of aryl methyl sites for hydroxylation is 1. The van der Waals surface area contributed by atoms with Crippen molar-refractivity contribution in [3.63, 3.8) is 0 Å². The summed E-state index contributed by atoms with van der Waals surface area (Å²) in [6, 6.07) is 0. The number of nitrogens with zero attached hydrogens (tertiary/aromatic N) is 1. The van der Waals surface area contributed by atoms with Crippen LogP contribution in [-0.2, 0) is 0 Å². The topological polar surface area (TPSA) is 54.7 Å². The minimum Gasteiger partial charge on any atom is -0.348 e. The summed E-state index contributed by atoms with van der Waals surface area (Å²) in [5.74, 6) is 0. The van der Waals surface area contributed by atoms with E-state index in [0.717, 1.165) is 29.1 Å². The molecule has 0 aliphatic carbocycles. The molecular weight excluding hydrogens is 170 g/mol. The Kier molecular flexibility index (Phi) is 3.37. The van der Waals surface area contributed by atoms with Crippen LogP contribution in [0.3, 0.4) is 0 Å². The third kappa shape index (κ3) is 2.12. The molecule has 0 amide bonds. The first-order valence-corrected chi connectivity index (χ1v) is 4.39. The van der Waals surface area contributed by atoms with E-state index < -0.39 is 0 Å². The summed E-state index contributed by atoms with van der Waals surface area (Å²) in [5.41, 5.74) is 7.33. The average Bonchev–Trinajstić information content (AvgIpc) is 2.47. The molecule has 66 valence electrons. The number of nitrogens with two attached hydrogens (primary N) is 1. The molecule has 1 aromatic rings. The van der Waals surface area contributed by atoms with E-state index in [2.05, 4.69) is 9.97 Å². The predicted octanol–water partition coefficient (Wildman–Crippen LogP) is 1.18. The van der Waals surface area contributed by atoms with Crippen molar-refractivity contribution in [2.75, 3.05) is 6.54 Å². The van der Waals surface area contributed by atoms with Crippen molar-refractivity contribution < 1.29 is 0 Å². The van der Waals surface area contributed by atoms with Crippen molar-refractivity contribution in [1.29, 1.82) is 0 Å². The van der Waals surface area contributed by atoms with Crippen LogP contribution in [-0.4, -0.2) is 21.4 Å². The molecule has 0 saturated carbocycles. The summed E-state index contributed by atoms with van der Waals surface area (Å²) in [5, 5.41) is 0. The summed E-state index contributed by atoms with van der Waals surface area (Å²) in [7, 11) is 0. The van der Waals surface area contributed by atoms with E-state index in [-0.39, 0.29) is 0 Å². The van der Waals surface area contributed by atoms with E-state index in [1.807, 2.05) is 6.92 Å². The molecule has 0 aromatic carbocycles. The fraction of sp³-hybridized carbons (Fsp3) is 0.500. The number of hydrogen-bond acceptors (Lipinski definition) is 3. The Balaban J connectivity index is 2.59. The number of rotatable bonds is 4. The van der Waals surface area contributed by atoms with Crippen molar-refractivity contribution >= 4 is 17.1 Å². The molecule has 0 radical (unpaired) electrons. The van der Waals surface area contributed by atoms with Crippen molar-refractivity contribution in [3.05, 3.63) is 17.7 Å². The van der Waals surface area contributed by atoms with Gasteiger partial charge in [0.25, 0.3) is 0 Å². The van der Waals surface area contributed by atoms with Crippen LogP contribution in [0.2, 0.25) is 0 Å². The second-order valence-electron chi connectivity index (χ2n) is 2.69. The van der Waals surface area contributed by atoms with Crippen LogP contribution in [0, 0.1) is 6.92 Å². The number of aromatic nitrogens is 2. The zero-order valence-electron chi connectivity index (χ0n) is 7.13. The molecule has 1 heterocycles. The van der Waals surface area contributed by atoms with Gasteiger partial charge >= 0.3 is 0 Å². The molecule has 0 unspecified atom stereocenters. The maximum Gasteiger partial charge on any atom is 0.0976 e. The molecule has 3 N–H and O–H groups in total. The van der Waals surface area contributed by atoms with Gasteiger partial charge in [-0.1, -0.05) is 12.2 Å². The monoisotopic (exact) mass is 183 g/mol. The maximum absolute atomic E-state index is 5.38. The summed E-state index contributed by atoms with van der Waals surface area (Å²) in [6.45, 7) is 2.65. The number of imidazole rings is 1. The zero-order valence-corrected chi connectivity index (χ0v) is 7.95. The van der Waals surface area contributed by atoms with Gasteiger partial charge in [-0.25, -0.2) is 4.98 Å². The van der Waals surface area contributed by atoms with Gasteiger partial charge in [0.2, 0.25) is 0 Å². The van der Waals surface area contributed by atoms with E-state index in [4.69, 9.17) is 18.0 Å². The summed E-state index contributed by atoms with van der Waals surface area (Å²) in [6.07, 6.45) is 3.46. The minimum atomic E-state index is 0.684. The highest BCUT2D eigenvalue weighted by Gasteiger charge is 2.05. The van der Waals surface area contributed by atoms with Gasteiger partial charge in [-0.15, -0.1) is 0 Å². The van der Waals surface area contributed by atoms with E-state index in [1.54, 1.807) is 6.33 Å². The van der Waals surface area contributed by atoms with Gasteiger partial charge < -0.3 is 10.7 Å². The van der Waals surface area contributed by atoms with Crippen LogP contribution in [0.25, 0.3) is 0 Å². The standard InChI is InChI=1S/C8H13N3S/c1-6-8(11-5-10-6)7(12)3-2-4-9/h5H,2-4,9H2,1H3,(H,10,11). The number of thiocarbonyl (C=S) groups is 1. The van der Waals surface area contributed by atoms with Crippen LogP contribution < -0.4 is 5.73 Å². The Bertz CT molecular complexity index is 267. The molecule has 0 spiro atoms. The Hall–Kier alpha value is -0.740. The molecule has 4 heteroatoms. The third-order valence-corrected chi connectivity index (χ3v) is 2.10. The molecule has 0 saturated heterocycles. The molecule has 1 aromatic heterocycles. The smallest absolute Gasteiger partial charge is 0.0976 e. The van der Waals surface area contributed by atoms with E-state index in [9.17, 15) is 0 Å². The fourth-order valence-electron chi connectivity index (χ4n) is 1.02. The maximum atomic E-state index is 5.38. The molecule has 0 atom stereocenters. The van der Waals surface area contributed by atoms with Gasteiger partial charge in [0.05, 0.1) is 12.0 Å². The summed E-state index contributed by atoms with van der Waals surface area (Å²) >= 11 is 5.19. The molecule has 0 bridgehead atoms. The van der Waals surface area contributed by atoms with Gasteiger partial charge in [-0.3, -0.25) is 0 Å². The Morgan fingerprint density at radius 3 is 3.00 bits per heavy atom. The summed E-state index contributed by atoms with van der Waals surface area (Å²) < 4.78 is 0. The second-order valence-corrected chi connectivity index (χ2v) is 3.18. The van der Waals surface area contributed by atoms with Crippen LogP contribution in [0.5, 0.6) is 0 Å². The Morgan fingerprint density at radius 1 is 1.75 bits per heavy atom. The second kappa shape index (κ2) is 4.33. The zero-order chi connectivity index (χ0) is 8.97. The number of hydrogen-bond donors (Lipinski definition) is 2. The van der Waals surface area contributed by atoms with Gasteiger partial charge in [0.15, 0.2) is 0 Å². The number of H-pyrrole nitrogens is 1. The highest BCUT2D eigenvalue weighted by molar-refractivity contribution is 7.80. The lowest BCUT2D eigenvalue weighted by Gasteiger charge is -1.99. The number of aromatic amines is 1. The molecular formula is C8H13N3S. The van der Waals surface area contributed by atoms with E-state index in [1.165, 1.54) is 0 Å². The normalized spacial score (nSPS) is 10.2. The lowest BCUT2D eigenvalue weighted by atomic mass is 10.1. The third-order valence-electron chi connectivity index (χ3n) is 1.70. The quantitative estimate of drug-likeness (QED) is 0.544. The average molecular weight is 183 g/mol.